The molecule has 2 N–H and O–H groups in total. The number of nitrogens with zero attached hydrogens (tertiary/aromatic N) is 1. The van der Waals surface area contributed by atoms with Gasteiger partial charge in [-0.3, -0.25) is 4.79 Å². The predicted octanol–water partition coefficient (Wildman–Crippen LogP) is 2.56. The van der Waals surface area contributed by atoms with Crippen molar-refractivity contribution in [3.63, 3.8) is 0 Å². The number of rotatable bonds is 8. The maximum absolute atomic E-state index is 12.2. The average molecular weight is 292 g/mol. The first kappa shape index (κ1) is 17.5. The lowest BCUT2D eigenvalue weighted by molar-refractivity contribution is -0.132. The van der Waals surface area contributed by atoms with Crippen LogP contribution in [0.5, 0.6) is 5.75 Å². The number of phenolic OH excluding ortho intramolecular Hbond substituents is 1. The van der Waals surface area contributed by atoms with Crippen molar-refractivity contribution in [3.05, 3.63) is 29.8 Å². The van der Waals surface area contributed by atoms with Crippen LogP contribution in [0.2, 0.25) is 0 Å². The van der Waals surface area contributed by atoms with E-state index in [4.69, 9.17) is 0 Å². The standard InChI is InChI=1S/C17H28N2O2/c1-5-19(6-2)17(21)14(4)18-13(3)7-8-15-9-11-16(20)12-10-15/h9-14,18,20H,5-8H2,1-4H3. The Balaban J connectivity index is 2.40. The molecular formula is C17H28N2O2. The van der Waals surface area contributed by atoms with Crippen molar-refractivity contribution in [1.82, 2.24) is 10.2 Å². The van der Waals surface area contributed by atoms with Crippen LogP contribution in [-0.4, -0.2) is 41.1 Å². The topological polar surface area (TPSA) is 52.6 Å². The fourth-order valence-electron chi connectivity index (χ4n) is 2.44. The summed E-state index contributed by atoms with van der Waals surface area (Å²) in [5.41, 5.74) is 1.20. The van der Waals surface area contributed by atoms with E-state index in [9.17, 15) is 9.90 Å². The highest BCUT2D eigenvalue weighted by atomic mass is 16.3. The largest absolute Gasteiger partial charge is 0.508 e. The zero-order chi connectivity index (χ0) is 15.8. The van der Waals surface area contributed by atoms with Crippen molar-refractivity contribution in [2.75, 3.05) is 13.1 Å². The SMILES string of the molecule is CCN(CC)C(=O)C(C)NC(C)CCc1ccc(O)cc1. The van der Waals surface area contributed by atoms with E-state index in [1.165, 1.54) is 5.56 Å². The van der Waals surface area contributed by atoms with Crippen LogP contribution in [0.15, 0.2) is 24.3 Å². The van der Waals surface area contributed by atoms with Gasteiger partial charge in [-0.2, -0.15) is 0 Å². The molecule has 4 heteroatoms. The van der Waals surface area contributed by atoms with Crippen LogP contribution >= 0.6 is 0 Å². The minimum Gasteiger partial charge on any atom is -0.508 e. The van der Waals surface area contributed by atoms with Gasteiger partial charge in [-0.25, -0.2) is 0 Å². The molecule has 118 valence electrons. The Bertz CT molecular complexity index is 427. The number of likely N-dealkylation sites (N-methyl/N-ethyl adjacent to an activating group) is 1. The monoisotopic (exact) mass is 292 g/mol. The zero-order valence-electron chi connectivity index (χ0n) is 13.6. The van der Waals surface area contributed by atoms with Gasteiger partial charge < -0.3 is 15.3 Å². The Morgan fingerprint density at radius 3 is 2.29 bits per heavy atom. The Morgan fingerprint density at radius 2 is 1.76 bits per heavy atom. The third-order valence-corrected chi connectivity index (χ3v) is 3.78. The predicted molar refractivity (Wildman–Crippen MR) is 86.4 cm³/mol. The van der Waals surface area contributed by atoms with E-state index in [0.717, 1.165) is 25.9 Å². The first-order valence-electron chi connectivity index (χ1n) is 7.80. The lowest BCUT2D eigenvalue weighted by Crippen LogP contribution is -2.47. The summed E-state index contributed by atoms with van der Waals surface area (Å²) in [4.78, 5) is 14.0. The zero-order valence-corrected chi connectivity index (χ0v) is 13.6. The molecule has 0 radical (unpaired) electrons. The summed E-state index contributed by atoms with van der Waals surface area (Å²) in [6.45, 7) is 9.54. The lowest BCUT2D eigenvalue weighted by Gasteiger charge is -2.26. The number of carbonyl (C=O) groups is 1. The number of phenols is 1. The van der Waals surface area contributed by atoms with Gasteiger partial charge in [0.25, 0.3) is 0 Å². The molecule has 2 unspecified atom stereocenters. The minimum absolute atomic E-state index is 0.153. The number of benzene rings is 1. The molecule has 1 amide bonds. The normalized spacial score (nSPS) is 13.7. The van der Waals surface area contributed by atoms with E-state index in [2.05, 4.69) is 12.2 Å². The van der Waals surface area contributed by atoms with E-state index in [1.54, 1.807) is 12.1 Å². The van der Waals surface area contributed by atoms with Crippen LogP contribution in [0, 0.1) is 0 Å². The number of hydrogen-bond acceptors (Lipinski definition) is 3. The van der Waals surface area contributed by atoms with Crippen LogP contribution in [-0.2, 0) is 11.2 Å². The molecule has 1 rings (SSSR count). The number of amides is 1. The number of nitrogens with one attached hydrogen (secondary N) is 1. The van der Waals surface area contributed by atoms with Crippen LogP contribution < -0.4 is 5.32 Å². The van der Waals surface area contributed by atoms with Gasteiger partial charge in [0.05, 0.1) is 6.04 Å². The summed E-state index contributed by atoms with van der Waals surface area (Å²) in [5.74, 6) is 0.458. The Morgan fingerprint density at radius 1 is 1.19 bits per heavy atom. The molecule has 0 aliphatic rings. The first-order valence-corrected chi connectivity index (χ1v) is 7.80. The molecule has 0 aliphatic heterocycles. The quantitative estimate of drug-likeness (QED) is 0.774. The van der Waals surface area contributed by atoms with Gasteiger partial charge in [-0.05, 0) is 58.2 Å². The maximum Gasteiger partial charge on any atom is 0.239 e. The van der Waals surface area contributed by atoms with Crippen molar-refractivity contribution in [1.29, 1.82) is 0 Å². The smallest absolute Gasteiger partial charge is 0.239 e. The molecule has 0 aromatic heterocycles. The fraction of sp³-hybridized carbons (Fsp3) is 0.588. The molecule has 0 saturated heterocycles. The Hall–Kier alpha value is -1.55. The summed E-state index contributed by atoms with van der Waals surface area (Å²) >= 11 is 0. The van der Waals surface area contributed by atoms with Gasteiger partial charge in [0.2, 0.25) is 5.91 Å². The van der Waals surface area contributed by atoms with Crippen LogP contribution in [0.25, 0.3) is 0 Å². The van der Waals surface area contributed by atoms with Crippen molar-refractivity contribution in [2.24, 2.45) is 0 Å². The van der Waals surface area contributed by atoms with Gasteiger partial charge in [0.15, 0.2) is 0 Å². The second-order valence-corrected chi connectivity index (χ2v) is 5.51. The van der Waals surface area contributed by atoms with Crippen molar-refractivity contribution < 1.29 is 9.90 Å². The molecule has 0 saturated carbocycles. The second kappa shape index (κ2) is 8.67. The summed E-state index contributed by atoms with van der Waals surface area (Å²) in [5, 5.41) is 12.6. The highest BCUT2D eigenvalue weighted by molar-refractivity contribution is 5.81. The van der Waals surface area contributed by atoms with E-state index in [1.807, 2.05) is 37.8 Å². The summed E-state index contributed by atoms with van der Waals surface area (Å²) in [6, 6.07) is 7.41. The van der Waals surface area contributed by atoms with E-state index in [-0.39, 0.29) is 18.0 Å². The average Bonchev–Trinajstić information content (AvgIpc) is 2.47. The number of carbonyl (C=O) groups excluding carboxylic acids is 1. The minimum atomic E-state index is -0.153. The van der Waals surface area contributed by atoms with Gasteiger partial charge in [0.1, 0.15) is 5.75 Å². The molecule has 0 fully saturated rings. The highest BCUT2D eigenvalue weighted by Gasteiger charge is 2.19. The van der Waals surface area contributed by atoms with E-state index in [0.29, 0.717) is 5.75 Å². The third kappa shape index (κ3) is 5.76. The number of aromatic hydroxyl groups is 1. The third-order valence-electron chi connectivity index (χ3n) is 3.78. The van der Waals surface area contributed by atoms with Crippen molar-refractivity contribution >= 4 is 5.91 Å². The Labute approximate surface area is 128 Å². The Kier molecular flexibility index (Phi) is 7.23. The van der Waals surface area contributed by atoms with E-state index >= 15 is 0 Å². The molecular weight excluding hydrogens is 264 g/mol. The van der Waals surface area contributed by atoms with Gasteiger partial charge in [-0.1, -0.05) is 12.1 Å². The molecule has 0 heterocycles. The molecule has 0 spiro atoms. The molecule has 1 aromatic carbocycles. The van der Waals surface area contributed by atoms with Gasteiger partial charge in [0, 0.05) is 19.1 Å². The van der Waals surface area contributed by atoms with Crippen LogP contribution in [0.1, 0.15) is 39.7 Å². The van der Waals surface area contributed by atoms with E-state index < -0.39 is 0 Å². The molecule has 21 heavy (non-hydrogen) atoms. The highest BCUT2D eigenvalue weighted by Crippen LogP contribution is 2.12. The number of aryl methyl sites for hydroxylation is 1. The van der Waals surface area contributed by atoms with Gasteiger partial charge in [-0.15, -0.1) is 0 Å². The summed E-state index contributed by atoms with van der Waals surface area (Å²) in [6.07, 6.45) is 1.89. The number of hydrogen-bond donors (Lipinski definition) is 2. The van der Waals surface area contributed by atoms with Crippen LogP contribution in [0.4, 0.5) is 0 Å². The summed E-state index contributed by atoms with van der Waals surface area (Å²) in [7, 11) is 0. The lowest BCUT2D eigenvalue weighted by atomic mass is 10.1. The molecule has 0 bridgehead atoms. The van der Waals surface area contributed by atoms with Crippen LogP contribution in [0.3, 0.4) is 0 Å². The van der Waals surface area contributed by atoms with Crippen molar-refractivity contribution in [3.8, 4) is 5.75 Å². The second-order valence-electron chi connectivity index (χ2n) is 5.51. The summed E-state index contributed by atoms with van der Waals surface area (Å²) < 4.78 is 0. The van der Waals surface area contributed by atoms with Crippen molar-refractivity contribution in [2.45, 2.75) is 52.6 Å². The van der Waals surface area contributed by atoms with Gasteiger partial charge >= 0.3 is 0 Å². The molecule has 0 aliphatic carbocycles. The maximum atomic E-state index is 12.2. The molecule has 1 aromatic rings. The first-order chi connectivity index (χ1) is 9.97. The molecule has 2 atom stereocenters. The molecule has 4 nitrogen and oxygen atoms in total. The fourth-order valence-corrected chi connectivity index (χ4v) is 2.44.